The summed E-state index contributed by atoms with van der Waals surface area (Å²) in [5.74, 6) is 1.80. The lowest BCUT2D eigenvalue weighted by atomic mass is 10.0. The van der Waals surface area contributed by atoms with E-state index >= 15 is 0 Å². The van der Waals surface area contributed by atoms with Gasteiger partial charge in [0.1, 0.15) is 29.8 Å². The minimum atomic E-state index is -0.285. The first kappa shape index (κ1) is 18.9. The molecule has 7 nitrogen and oxygen atoms in total. The summed E-state index contributed by atoms with van der Waals surface area (Å²) in [6.45, 7) is 4.60. The number of aromatic nitrogens is 4. The normalized spacial score (nSPS) is 15.3. The summed E-state index contributed by atoms with van der Waals surface area (Å²) in [6, 6.07) is 10.8. The van der Waals surface area contributed by atoms with E-state index in [2.05, 4.69) is 30.8 Å². The van der Waals surface area contributed by atoms with E-state index in [9.17, 15) is 4.39 Å². The number of fused-ring (bicyclic) bond motifs is 3. The van der Waals surface area contributed by atoms with Crippen LogP contribution in [-0.2, 0) is 13.0 Å². The van der Waals surface area contributed by atoms with E-state index in [4.69, 9.17) is 9.72 Å². The maximum absolute atomic E-state index is 14.0. The van der Waals surface area contributed by atoms with Crippen molar-refractivity contribution in [3.05, 3.63) is 71.7 Å². The molecule has 2 aliphatic rings. The van der Waals surface area contributed by atoms with Gasteiger partial charge in [-0.2, -0.15) is 0 Å². The van der Waals surface area contributed by atoms with Gasteiger partial charge in [-0.3, -0.25) is 4.98 Å². The van der Waals surface area contributed by atoms with Crippen LogP contribution in [0.15, 0.2) is 48.8 Å². The Morgan fingerprint density at radius 1 is 1.06 bits per heavy atom. The molecule has 1 aromatic carbocycles. The minimum Gasteiger partial charge on any atom is -0.474 e. The van der Waals surface area contributed by atoms with Gasteiger partial charge in [0.15, 0.2) is 0 Å². The van der Waals surface area contributed by atoms with Crippen molar-refractivity contribution >= 4 is 28.1 Å². The van der Waals surface area contributed by atoms with E-state index in [1.54, 1.807) is 12.3 Å². The van der Waals surface area contributed by atoms with Crippen molar-refractivity contribution in [3.63, 3.8) is 0 Å². The molecule has 6 rings (SSSR count). The average molecular weight is 428 g/mol. The number of anilines is 3. The second kappa shape index (κ2) is 7.40. The number of rotatable bonds is 2. The number of hydrogen-bond acceptors (Lipinski definition) is 7. The second-order valence-electron chi connectivity index (χ2n) is 8.05. The molecule has 0 atom stereocenters. The van der Waals surface area contributed by atoms with Crippen LogP contribution in [-0.4, -0.2) is 39.6 Å². The van der Waals surface area contributed by atoms with Gasteiger partial charge in [0, 0.05) is 36.8 Å². The lowest BCUT2D eigenvalue weighted by Crippen LogP contribution is -2.33. The molecule has 32 heavy (non-hydrogen) atoms. The second-order valence-corrected chi connectivity index (χ2v) is 8.05. The van der Waals surface area contributed by atoms with Crippen molar-refractivity contribution in [2.24, 2.45) is 0 Å². The quantitative estimate of drug-likeness (QED) is 0.479. The van der Waals surface area contributed by atoms with Crippen molar-refractivity contribution in [3.8, 4) is 5.88 Å². The highest BCUT2D eigenvalue weighted by Crippen LogP contribution is 2.36. The monoisotopic (exact) mass is 428 g/mol. The third-order valence-electron chi connectivity index (χ3n) is 5.98. The standard InChI is InChI=1S/C24H21FN6O/c1-15-28-21-5-4-17(25)12-19(21)23(29-15)30-8-6-20-16(14-30)11-18(13-27-20)31-9-10-32-24-22(31)3-2-7-26-24/h2-5,7,11-13H,6,8-10,14H2,1H3. The first-order valence-electron chi connectivity index (χ1n) is 10.7. The summed E-state index contributed by atoms with van der Waals surface area (Å²) in [7, 11) is 0. The number of pyridine rings is 2. The predicted molar refractivity (Wildman–Crippen MR) is 120 cm³/mol. The maximum Gasteiger partial charge on any atom is 0.237 e. The van der Waals surface area contributed by atoms with Crippen LogP contribution in [0.2, 0.25) is 0 Å². The molecule has 8 heteroatoms. The van der Waals surface area contributed by atoms with Gasteiger partial charge in [-0.15, -0.1) is 0 Å². The fourth-order valence-electron chi connectivity index (χ4n) is 4.50. The highest BCUT2D eigenvalue weighted by molar-refractivity contribution is 5.89. The Morgan fingerprint density at radius 2 is 2.00 bits per heavy atom. The summed E-state index contributed by atoms with van der Waals surface area (Å²) in [6.07, 6.45) is 4.47. The Balaban J connectivity index is 1.37. The lowest BCUT2D eigenvalue weighted by molar-refractivity contribution is 0.301. The van der Waals surface area contributed by atoms with E-state index in [0.29, 0.717) is 24.9 Å². The third kappa shape index (κ3) is 3.19. The van der Waals surface area contributed by atoms with E-state index < -0.39 is 0 Å². The molecule has 0 bridgehead atoms. The van der Waals surface area contributed by atoms with E-state index in [1.165, 1.54) is 12.1 Å². The molecule has 0 radical (unpaired) electrons. The van der Waals surface area contributed by atoms with Crippen molar-refractivity contribution in [2.75, 3.05) is 29.5 Å². The van der Waals surface area contributed by atoms with Gasteiger partial charge >= 0.3 is 0 Å². The van der Waals surface area contributed by atoms with E-state index in [-0.39, 0.29) is 5.82 Å². The Morgan fingerprint density at radius 3 is 2.94 bits per heavy atom. The third-order valence-corrected chi connectivity index (χ3v) is 5.98. The predicted octanol–water partition coefficient (Wildman–Crippen LogP) is 3.96. The fraction of sp³-hybridized carbons (Fsp3) is 0.250. The highest BCUT2D eigenvalue weighted by Gasteiger charge is 2.25. The zero-order chi connectivity index (χ0) is 21.7. The van der Waals surface area contributed by atoms with Gasteiger partial charge in [-0.05, 0) is 48.9 Å². The van der Waals surface area contributed by atoms with Crippen LogP contribution in [0.25, 0.3) is 10.9 Å². The van der Waals surface area contributed by atoms with Crippen LogP contribution in [0.1, 0.15) is 17.1 Å². The number of ether oxygens (including phenoxy) is 1. The van der Waals surface area contributed by atoms with Gasteiger partial charge in [0.25, 0.3) is 0 Å². The molecule has 0 spiro atoms. The zero-order valence-electron chi connectivity index (χ0n) is 17.6. The zero-order valence-corrected chi connectivity index (χ0v) is 17.6. The molecule has 2 aliphatic heterocycles. The minimum absolute atomic E-state index is 0.285. The van der Waals surface area contributed by atoms with Gasteiger partial charge in [-0.1, -0.05) is 0 Å². The molecule has 0 saturated carbocycles. The molecule has 0 unspecified atom stereocenters. The number of nitrogens with zero attached hydrogens (tertiary/aromatic N) is 6. The van der Waals surface area contributed by atoms with Crippen LogP contribution < -0.4 is 14.5 Å². The van der Waals surface area contributed by atoms with Crippen LogP contribution in [0.4, 0.5) is 21.6 Å². The molecule has 0 N–H and O–H groups in total. The SMILES string of the molecule is Cc1nc(N2CCc3ncc(N4CCOc5ncccc54)cc3C2)c2cc(F)ccc2n1. The number of hydrogen-bond donors (Lipinski definition) is 0. The van der Waals surface area contributed by atoms with Crippen LogP contribution in [0, 0.1) is 12.7 Å². The Labute approximate surface area is 184 Å². The van der Waals surface area contributed by atoms with E-state index in [1.807, 2.05) is 25.3 Å². The number of aryl methyl sites for hydroxylation is 1. The van der Waals surface area contributed by atoms with Crippen LogP contribution in [0.5, 0.6) is 5.88 Å². The Hall–Kier alpha value is -3.81. The number of benzene rings is 1. The molecule has 5 heterocycles. The molecule has 0 aliphatic carbocycles. The molecule has 0 amide bonds. The summed E-state index contributed by atoms with van der Waals surface area (Å²) in [5.41, 5.74) is 4.94. The molecule has 160 valence electrons. The van der Waals surface area contributed by atoms with Crippen LogP contribution >= 0.6 is 0 Å². The van der Waals surface area contributed by atoms with Gasteiger partial charge in [-0.25, -0.2) is 19.3 Å². The average Bonchev–Trinajstić information content (AvgIpc) is 2.83. The molecule has 3 aromatic heterocycles. The summed E-state index contributed by atoms with van der Waals surface area (Å²) in [5, 5.41) is 0.733. The highest BCUT2D eigenvalue weighted by atomic mass is 19.1. The summed E-state index contributed by atoms with van der Waals surface area (Å²) >= 11 is 0. The largest absolute Gasteiger partial charge is 0.474 e. The van der Waals surface area contributed by atoms with E-state index in [0.717, 1.165) is 58.9 Å². The van der Waals surface area contributed by atoms with Gasteiger partial charge in [0.05, 0.1) is 23.9 Å². The first-order valence-corrected chi connectivity index (χ1v) is 10.7. The molecular formula is C24H21FN6O. The maximum atomic E-state index is 14.0. The number of halogens is 1. The van der Waals surface area contributed by atoms with Crippen molar-refractivity contribution in [2.45, 2.75) is 19.9 Å². The molecule has 0 fully saturated rings. The van der Waals surface area contributed by atoms with Crippen molar-refractivity contribution in [1.29, 1.82) is 0 Å². The van der Waals surface area contributed by atoms with Crippen molar-refractivity contribution in [1.82, 2.24) is 19.9 Å². The summed E-state index contributed by atoms with van der Waals surface area (Å²) in [4.78, 5) is 22.6. The topological polar surface area (TPSA) is 67.3 Å². The van der Waals surface area contributed by atoms with Crippen molar-refractivity contribution < 1.29 is 9.13 Å². The summed E-state index contributed by atoms with van der Waals surface area (Å²) < 4.78 is 19.7. The van der Waals surface area contributed by atoms with Gasteiger partial charge in [0.2, 0.25) is 5.88 Å². The molecule has 4 aromatic rings. The molecular weight excluding hydrogens is 407 g/mol. The smallest absolute Gasteiger partial charge is 0.237 e. The fourth-order valence-corrected chi connectivity index (χ4v) is 4.50. The van der Waals surface area contributed by atoms with Gasteiger partial charge < -0.3 is 14.5 Å². The Kier molecular flexibility index (Phi) is 4.38. The molecule has 0 saturated heterocycles. The first-order chi connectivity index (χ1) is 15.7. The lowest BCUT2D eigenvalue weighted by Gasteiger charge is -2.33. The Bertz CT molecular complexity index is 1340. The van der Waals surface area contributed by atoms with Crippen LogP contribution in [0.3, 0.4) is 0 Å².